The average molecular weight is 298 g/mol. The summed E-state index contributed by atoms with van der Waals surface area (Å²) in [5.41, 5.74) is 0.365. The van der Waals surface area contributed by atoms with Gasteiger partial charge in [0.15, 0.2) is 0 Å². The Morgan fingerprint density at radius 1 is 1.45 bits per heavy atom. The lowest BCUT2D eigenvalue weighted by Gasteiger charge is -2.16. The first kappa shape index (κ1) is 14.6. The topological polar surface area (TPSA) is 75.5 Å². The largest absolute Gasteiger partial charge is 0.379 e. The predicted octanol–water partition coefficient (Wildman–Crippen LogP) is 2.92. The van der Waals surface area contributed by atoms with Crippen LogP contribution in [0.4, 0.5) is 11.4 Å². The van der Waals surface area contributed by atoms with E-state index in [0.717, 1.165) is 12.8 Å². The molecular weight excluding hydrogens is 282 g/mol. The fourth-order valence-electron chi connectivity index (χ4n) is 2.31. The van der Waals surface area contributed by atoms with Crippen molar-refractivity contribution in [2.75, 3.05) is 25.0 Å². The molecule has 0 radical (unpaired) electrons. The lowest BCUT2D eigenvalue weighted by Crippen LogP contribution is -2.27. The molecule has 1 aliphatic heterocycles. The highest BCUT2D eigenvalue weighted by Crippen LogP contribution is 2.34. The Balaban J connectivity index is 2.40. The molecule has 0 bridgehead atoms. The number of anilines is 1. The molecule has 7 heteroatoms. The highest BCUT2D eigenvalue weighted by Gasteiger charge is 2.25. The van der Waals surface area contributed by atoms with Crippen LogP contribution in [0.3, 0.4) is 0 Å². The van der Waals surface area contributed by atoms with Crippen LogP contribution in [0.1, 0.15) is 30.1 Å². The molecule has 1 fully saturated rings. The summed E-state index contributed by atoms with van der Waals surface area (Å²) in [5.74, 6) is -0.199. The number of likely N-dealkylation sites (tertiary alicyclic amines) is 1. The number of hydrogen-bond donors (Lipinski definition) is 1. The Morgan fingerprint density at radius 3 is 2.65 bits per heavy atom. The lowest BCUT2D eigenvalue weighted by atomic mass is 10.1. The van der Waals surface area contributed by atoms with Crippen LogP contribution in [-0.2, 0) is 0 Å². The van der Waals surface area contributed by atoms with E-state index in [1.54, 1.807) is 4.90 Å². The van der Waals surface area contributed by atoms with Crippen molar-refractivity contribution in [3.05, 3.63) is 32.8 Å². The molecule has 20 heavy (non-hydrogen) atoms. The predicted molar refractivity (Wildman–Crippen MR) is 77.4 cm³/mol. The zero-order valence-corrected chi connectivity index (χ0v) is 11.9. The smallest absolute Gasteiger partial charge is 0.294 e. The Hall–Kier alpha value is -1.82. The number of rotatable bonds is 4. The van der Waals surface area contributed by atoms with Crippen LogP contribution in [0.25, 0.3) is 0 Å². The molecule has 0 aliphatic carbocycles. The van der Waals surface area contributed by atoms with E-state index in [9.17, 15) is 14.9 Å². The summed E-state index contributed by atoms with van der Waals surface area (Å²) in [4.78, 5) is 24.6. The first-order valence-corrected chi connectivity index (χ1v) is 6.93. The van der Waals surface area contributed by atoms with Gasteiger partial charge in [0.05, 0.1) is 9.95 Å². The van der Waals surface area contributed by atoms with Gasteiger partial charge in [-0.15, -0.1) is 0 Å². The zero-order valence-electron chi connectivity index (χ0n) is 11.2. The molecule has 2 rings (SSSR count). The van der Waals surface area contributed by atoms with Gasteiger partial charge in [-0.1, -0.05) is 11.6 Å². The van der Waals surface area contributed by atoms with Crippen LogP contribution in [-0.4, -0.2) is 35.4 Å². The third-order valence-electron chi connectivity index (χ3n) is 3.26. The summed E-state index contributed by atoms with van der Waals surface area (Å²) in [7, 11) is 0. The van der Waals surface area contributed by atoms with Gasteiger partial charge in [0.2, 0.25) is 0 Å². The van der Waals surface area contributed by atoms with E-state index in [0.29, 0.717) is 19.6 Å². The molecule has 1 aromatic carbocycles. The van der Waals surface area contributed by atoms with Gasteiger partial charge in [0, 0.05) is 31.3 Å². The third kappa shape index (κ3) is 2.85. The maximum Gasteiger partial charge on any atom is 0.294 e. The van der Waals surface area contributed by atoms with Crippen molar-refractivity contribution < 1.29 is 9.72 Å². The molecule has 1 aromatic rings. The molecule has 0 unspecified atom stereocenters. The second-order valence-corrected chi connectivity index (χ2v) is 5.05. The normalized spacial score (nSPS) is 14.4. The number of nitrogens with zero attached hydrogens (tertiary/aromatic N) is 2. The standard InChI is InChI=1S/C13H16ClN3O3/c1-2-15-12-10(14)7-9(8-11(12)17(19)20)13(18)16-5-3-4-6-16/h7-8,15H,2-6H2,1H3. The van der Waals surface area contributed by atoms with Crippen LogP contribution in [0.2, 0.25) is 5.02 Å². The van der Waals surface area contributed by atoms with E-state index >= 15 is 0 Å². The van der Waals surface area contributed by atoms with Crippen molar-refractivity contribution in [2.45, 2.75) is 19.8 Å². The summed E-state index contributed by atoms with van der Waals surface area (Å²) in [5, 5.41) is 14.2. The number of halogens is 1. The lowest BCUT2D eigenvalue weighted by molar-refractivity contribution is -0.384. The Kier molecular flexibility index (Phi) is 4.44. The monoisotopic (exact) mass is 297 g/mol. The minimum atomic E-state index is -0.523. The maximum atomic E-state index is 12.3. The third-order valence-corrected chi connectivity index (χ3v) is 3.56. The number of nitro benzene ring substituents is 1. The quantitative estimate of drug-likeness (QED) is 0.685. The summed E-state index contributed by atoms with van der Waals surface area (Å²) >= 11 is 6.07. The van der Waals surface area contributed by atoms with E-state index in [2.05, 4.69) is 5.32 Å². The van der Waals surface area contributed by atoms with Crippen molar-refractivity contribution in [1.29, 1.82) is 0 Å². The van der Waals surface area contributed by atoms with Gasteiger partial charge >= 0.3 is 0 Å². The Labute approximate surface area is 121 Å². The number of carbonyl (C=O) groups excluding carboxylic acids is 1. The van der Waals surface area contributed by atoms with E-state index in [1.807, 2.05) is 6.92 Å². The summed E-state index contributed by atoms with van der Waals surface area (Å²) < 4.78 is 0. The fraction of sp³-hybridized carbons (Fsp3) is 0.462. The van der Waals surface area contributed by atoms with E-state index in [4.69, 9.17) is 11.6 Å². The second kappa shape index (κ2) is 6.09. The molecule has 1 aliphatic rings. The molecule has 0 saturated carbocycles. The SMILES string of the molecule is CCNc1c(Cl)cc(C(=O)N2CCCC2)cc1[N+](=O)[O-]. The van der Waals surface area contributed by atoms with Crippen molar-refractivity contribution in [1.82, 2.24) is 4.90 Å². The van der Waals surface area contributed by atoms with Crippen molar-refractivity contribution in [2.24, 2.45) is 0 Å². The first-order valence-electron chi connectivity index (χ1n) is 6.55. The van der Waals surface area contributed by atoms with Crippen LogP contribution < -0.4 is 5.32 Å². The van der Waals surface area contributed by atoms with E-state index < -0.39 is 4.92 Å². The summed E-state index contributed by atoms with van der Waals surface area (Å²) in [6.45, 7) is 3.72. The maximum absolute atomic E-state index is 12.3. The molecule has 1 amide bonds. The zero-order chi connectivity index (χ0) is 14.7. The van der Waals surface area contributed by atoms with Crippen molar-refractivity contribution in [3.63, 3.8) is 0 Å². The Morgan fingerprint density at radius 2 is 2.10 bits per heavy atom. The minimum absolute atomic E-state index is 0.165. The highest BCUT2D eigenvalue weighted by atomic mass is 35.5. The number of amides is 1. The number of nitrogens with one attached hydrogen (secondary N) is 1. The molecule has 1 saturated heterocycles. The van der Waals surface area contributed by atoms with Gasteiger partial charge in [-0.2, -0.15) is 0 Å². The molecular formula is C13H16ClN3O3. The van der Waals surface area contributed by atoms with Gasteiger partial charge in [0.1, 0.15) is 5.69 Å². The van der Waals surface area contributed by atoms with Crippen LogP contribution >= 0.6 is 11.6 Å². The number of nitro groups is 1. The van der Waals surface area contributed by atoms with Gasteiger partial charge in [0.25, 0.3) is 11.6 Å². The average Bonchev–Trinajstić information content (AvgIpc) is 2.93. The van der Waals surface area contributed by atoms with Crippen LogP contribution in [0.15, 0.2) is 12.1 Å². The molecule has 1 N–H and O–H groups in total. The fourth-order valence-corrected chi connectivity index (χ4v) is 2.60. The molecule has 6 nitrogen and oxygen atoms in total. The van der Waals surface area contributed by atoms with Crippen molar-refractivity contribution in [3.8, 4) is 0 Å². The van der Waals surface area contributed by atoms with Gasteiger partial charge in [-0.3, -0.25) is 14.9 Å². The Bertz CT molecular complexity index is 542. The molecule has 108 valence electrons. The molecule has 0 aromatic heterocycles. The van der Waals surface area contributed by atoms with Crippen LogP contribution in [0, 0.1) is 10.1 Å². The molecule has 0 spiro atoms. The van der Waals surface area contributed by atoms with Gasteiger partial charge in [-0.05, 0) is 25.8 Å². The minimum Gasteiger partial charge on any atom is -0.379 e. The highest BCUT2D eigenvalue weighted by molar-refractivity contribution is 6.34. The van der Waals surface area contributed by atoms with Crippen molar-refractivity contribution >= 4 is 28.9 Å². The summed E-state index contributed by atoms with van der Waals surface area (Å²) in [6.07, 6.45) is 1.94. The number of hydrogen-bond acceptors (Lipinski definition) is 4. The second-order valence-electron chi connectivity index (χ2n) is 4.64. The summed E-state index contributed by atoms with van der Waals surface area (Å²) in [6, 6.07) is 2.79. The first-order chi connectivity index (χ1) is 9.54. The molecule has 0 atom stereocenters. The van der Waals surface area contributed by atoms with E-state index in [1.165, 1.54) is 12.1 Å². The van der Waals surface area contributed by atoms with Gasteiger partial charge < -0.3 is 10.2 Å². The number of benzene rings is 1. The van der Waals surface area contributed by atoms with Gasteiger partial charge in [-0.25, -0.2) is 0 Å². The molecule has 1 heterocycles. The van der Waals surface area contributed by atoms with E-state index in [-0.39, 0.29) is 27.9 Å². The van der Waals surface area contributed by atoms with Crippen LogP contribution in [0.5, 0.6) is 0 Å². The number of carbonyl (C=O) groups is 1.